The lowest BCUT2D eigenvalue weighted by Crippen LogP contribution is -2.36. The molecule has 1 unspecified atom stereocenters. The van der Waals surface area contributed by atoms with Gasteiger partial charge in [-0.2, -0.15) is 0 Å². The van der Waals surface area contributed by atoms with Gasteiger partial charge in [-0.3, -0.25) is 0 Å². The Morgan fingerprint density at radius 1 is 1.33 bits per heavy atom. The van der Waals surface area contributed by atoms with Gasteiger partial charge in [0, 0.05) is 24.2 Å². The molecular weight excluding hydrogens is 250 g/mol. The highest BCUT2D eigenvalue weighted by Gasteiger charge is 2.09. The van der Waals surface area contributed by atoms with Crippen LogP contribution in [0.4, 0.5) is 4.79 Å². The number of primary amides is 1. The van der Waals surface area contributed by atoms with Crippen molar-refractivity contribution in [3.8, 4) is 0 Å². The SMILES string of the molecule is CCCC(NCCNC(N)=O)c1ccc(Cl)cc1. The Morgan fingerprint density at radius 3 is 2.56 bits per heavy atom. The molecule has 4 N–H and O–H groups in total. The second kappa shape index (κ2) is 7.95. The smallest absolute Gasteiger partial charge is 0.312 e. The molecule has 0 bridgehead atoms. The molecule has 4 nitrogen and oxygen atoms in total. The fraction of sp³-hybridized carbons (Fsp3) is 0.462. The Bertz CT molecular complexity index is 367. The van der Waals surface area contributed by atoms with Crippen molar-refractivity contribution in [1.82, 2.24) is 10.6 Å². The number of benzene rings is 1. The second-order valence-corrected chi connectivity index (χ2v) is 4.57. The number of amides is 2. The Kier molecular flexibility index (Phi) is 6.54. The van der Waals surface area contributed by atoms with Crippen LogP contribution < -0.4 is 16.4 Å². The number of nitrogens with two attached hydrogens (primary N) is 1. The van der Waals surface area contributed by atoms with Gasteiger partial charge in [-0.15, -0.1) is 0 Å². The summed E-state index contributed by atoms with van der Waals surface area (Å²) in [5, 5.41) is 6.70. The molecule has 0 aliphatic heterocycles. The molecule has 100 valence electrons. The summed E-state index contributed by atoms with van der Waals surface area (Å²) >= 11 is 5.87. The van der Waals surface area contributed by atoms with Crippen LogP contribution in [0.25, 0.3) is 0 Å². The van der Waals surface area contributed by atoms with E-state index in [1.807, 2.05) is 24.3 Å². The molecule has 0 heterocycles. The lowest BCUT2D eigenvalue weighted by atomic mass is 10.0. The third-order valence-corrected chi connectivity index (χ3v) is 2.92. The molecule has 0 aliphatic rings. The van der Waals surface area contributed by atoms with Gasteiger partial charge in [-0.05, 0) is 24.1 Å². The summed E-state index contributed by atoms with van der Waals surface area (Å²) in [5.41, 5.74) is 6.21. The summed E-state index contributed by atoms with van der Waals surface area (Å²) < 4.78 is 0. The zero-order valence-electron chi connectivity index (χ0n) is 10.6. The molecule has 1 aromatic rings. The van der Waals surface area contributed by atoms with Crippen molar-refractivity contribution in [3.05, 3.63) is 34.9 Å². The molecule has 5 heteroatoms. The largest absolute Gasteiger partial charge is 0.352 e. The van der Waals surface area contributed by atoms with E-state index < -0.39 is 6.03 Å². The van der Waals surface area contributed by atoms with Crippen molar-refractivity contribution < 1.29 is 4.79 Å². The van der Waals surface area contributed by atoms with Gasteiger partial charge in [0.15, 0.2) is 0 Å². The average Bonchev–Trinajstić information content (AvgIpc) is 2.34. The van der Waals surface area contributed by atoms with Crippen LogP contribution in [-0.2, 0) is 0 Å². The minimum absolute atomic E-state index is 0.280. The summed E-state index contributed by atoms with van der Waals surface area (Å²) in [6.07, 6.45) is 2.13. The number of urea groups is 1. The van der Waals surface area contributed by atoms with E-state index in [-0.39, 0.29) is 6.04 Å². The van der Waals surface area contributed by atoms with Gasteiger partial charge < -0.3 is 16.4 Å². The van der Waals surface area contributed by atoms with Gasteiger partial charge in [0.05, 0.1) is 0 Å². The van der Waals surface area contributed by atoms with E-state index >= 15 is 0 Å². The first-order chi connectivity index (χ1) is 8.63. The van der Waals surface area contributed by atoms with Crippen LogP contribution >= 0.6 is 11.6 Å². The third kappa shape index (κ3) is 5.38. The number of nitrogens with one attached hydrogen (secondary N) is 2. The number of carbonyl (C=O) groups is 1. The zero-order chi connectivity index (χ0) is 13.4. The van der Waals surface area contributed by atoms with Gasteiger partial charge in [0.2, 0.25) is 0 Å². The molecule has 1 aromatic carbocycles. The van der Waals surface area contributed by atoms with Crippen LogP contribution in [0.15, 0.2) is 24.3 Å². The first-order valence-electron chi connectivity index (χ1n) is 6.15. The minimum Gasteiger partial charge on any atom is -0.352 e. The van der Waals surface area contributed by atoms with E-state index in [0.717, 1.165) is 17.9 Å². The summed E-state index contributed by atoms with van der Waals surface area (Å²) in [7, 11) is 0. The molecule has 0 saturated carbocycles. The predicted octanol–water partition coefficient (Wildman–Crippen LogP) is 2.44. The van der Waals surface area contributed by atoms with Crippen molar-refractivity contribution in [2.24, 2.45) is 5.73 Å². The minimum atomic E-state index is -0.490. The molecular formula is C13H20ClN3O. The van der Waals surface area contributed by atoms with Crippen molar-refractivity contribution in [3.63, 3.8) is 0 Å². The van der Waals surface area contributed by atoms with E-state index in [2.05, 4.69) is 17.6 Å². The van der Waals surface area contributed by atoms with Crippen LogP contribution in [0.5, 0.6) is 0 Å². The summed E-state index contributed by atoms with van der Waals surface area (Å²) in [5.74, 6) is 0. The van der Waals surface area contributed by atoms with Crippen molar-refractivity contribution >= 4 is 17.6 Å². The summed E-state index contributed by atoms with van der Waals surface area (Å²) in [4.78, 5) is 10.5. The maximum Gasteiger partial charge on any atom is 0.312 e. The lowest BCUT2D eigenvalue weighted by molar-refractivity contribution is 0.248. The standard InChI is InChI=1S/C13H20ClN3O/c1-2-3-12(16-8-9-17-13(15)18)10-4-6-11(14)7-5-10/h4-7,12,16H,2-3,8-9H2,1H3,(H3,15,17,18). The molecule has 0 spiro atoms. The average molecular weight is 270 g/mol. The first-order valence-corrected chi connectivity index (χ1v) is 6.53. The molecule has 1 rings (SSSR count). The van der Waals surface area contributed by atoms with E-state index in [9.17, 15) is 4.79 Å². The van der Waals surface area contributed by atoms with Crippen LogP contribution in [0, 0.1) is 0 Å². The first kappa shape index (κ1) is 14.8. The van der Waals surface area contributed by atoms with Gasteiger partial charge in [0.1, 0.15) is 0 Å². The molecule has 0 aromatic heterocycles. The van der Waals surface area contributed by atoms with Crippen molar-refractivity contribution in [2.45, 2.75) is 25.8 Å². The highest BCUT2D eigenvalue weighted by Crippen LogP contribution is 2.20. The fourth-order valence-corrected chi connectivity index (χ4v) is 1.93. The maximum atomic E-state index is 10.5. The molecule has 1 atom stereocenters. The molecule has 18 heavy (non-hydrogen) atoms. The highest BCUT2D eigenvalue weighted by atomic mass is 35.5. The number of halogens is 1. The van der Waals surface area contributed by atoms with Crippen LogP contribution in [0.2, 0.25) is 5.02 Å². The number of hydrogen-bond donors (Lipinski definition) is 3. The predicted molar refractivity (Wildman–Crippen MR) is 74.7 cm³/mol. The second-order valence-electron chi connectivity index (χ2n) is 4.14. The molecule has 0 aliphatic carbocycles. The Labute approximate surface area is 113 Å². The lowest BCUT2D eigenvalue weighted by Gasteiger charge is -2.18. The number of hydrogen-bond acceptors (Lipinski definition) is 2. The summed E-state index contributed by atoms with van der Waals surface area (Å²) in [6, 6.07) is 7.62. The van der Waals surface area contributed by atoms with E-state index in [1.54, 1.807) is 0 Å². The van der Waals surface area contributed by atoms with E-state index in [4.69, 9.17) is 17.3 Å². The molecule has 0 radical (unpaired) electrons. The van der Waals surface area contributed by atoms with Crippen LogP contribution in [0.3, 0.4) is 0 Å². The normalized spacial score (nSPS) is 12.1. The van der Waals surface area contributed by atoms with E-state index in [0.29, 0.717) is 13.1 Å². The molecule has 2 amide bonds. The van der Waals surface area contributed by atoms with E-state index in [1.165, 1.54) is 5.56 Å². The Morgan fingerprint density at radius 2 is 2.00 bits per heavy atom. The van der Waals surface area contributed by atoms with Crippen LogP contribution in [-0.4, -0.2) is 19.1 Å². The quantitative estimate of drug-likeness (QED) is 0.666. The summed E-state index contributed by atoms with van der Waals surface area (Å²) in [6.45, 7) is 3.37. The Balaban J connectivity index is 2.48. The van der Waals surface area contributed by atoms with Gasteiger partial charge in [-0.25, -0.2) is 4.79 Å². The molecule has 0 fully saturated rings. The van der Waals surface area contributed by atoms with Gasteiger partial charge in [0.25, 0.3) is 0 Å². The fourth-order valence-electron chi connectivity index (χ4n) is 1.80. The van der Waals surface area contributed by atoms with Crippen LogP contribution in [0.1, 0.15) is 31.4 Å². The van der Waals surface area contributed by atoms with Gasteiger partial charge >= 0.3 is 6.03 Å². The van der Waals surface area contributed by atoms with Crippen molar-refractivity contribution in [2.75, 3.05) is 13.1 Å². The van der Waals surface area contributed by atoms with Crippen molar-refractivity contribution in [1.29, 1.82) is 0 Å². The zero-order valence-corrected chi connectivity index (χ0v) is 11.3. The molecule has 0 saturated heterocycles. The third-order valence-electron chi connectivity index (χ3n) is 2.66. The maximum absolute atomic E-state index is 10.5. The monoisotopic (exact) mass is 269 g/mol. The highest BCUT2D eigenvalue weighted by molar-refractivity contribution is 6.30. The topological polar surface area (TPSA) is 67.2 Å². The van der Waals surface area contributed by atoms with Gasteiger partial charge in [-0.1, -0.05) is 37.1 Å². The number of carbonyl (C=O) groups excluding carboxylic acids is 1. The Hall–Kier alpha value is -1.26. The number of rotatable bonds is 7.